The molecule has 2 atom stereocenters. The first-order chi connectivity index (χ1) is 20.7. The molecule has 0 unspecified atom stereocenters. The molecule has 6 rings (SSSR count). The fourth-order valence-electron chi connectivity index (χ4n) is 5.07. The number of ether oxygens (including phenoxy) is 1. The van der Waals surface area contributed by atoms with E-state index in [1.807, 2.05) is 26.8 Å². The monoisotopic (exact) mass is 585 g/mol. The van der Waals surface area contributed by atoms with E-state index in [9.17, 15) is 14.0 Å². The summed E-state index contributed by atoms with van der Waals surface area (Å²) in [7, 11) is 0. The van der Waals surface area contributed by atoms with Crippen LogP contribution < -0.4 is 20.7 Å². The summed E-state index contributed by atoms with van der Waals surface area (Å²) in [6.45, 7) is 6.10. The van der Waals surface area contributed by atoms with Crippen molar-refractivity contribution in [3.63, 3.8) is 0 Å². The number of benzodiazepines with no additional fused rings is 1. The van der Waals surface area contributed by atoms with Crippen LogP contribution in [0.25, 0.3) is 11.3 Å². The Bertz CT molecular complexity index is 1750. The maximum Gasteiger partial charge on any atom is 0.269 e. The zero-order valence-electron chi connectivity index (χ0n) is 23.7. The molecule has 0 radical (unpaired) electrons. The third-order valence-corrected chi connectivity index (χ3v) is 7.07. The molecule has 4 heterocycles. The van der Waals surface area contributed by atoms with Gasteiger partial charge in [-0.1, -0.05) is 42.5 Å². The summed E-state index contributed by atoms with van der Waals surface area (Å²) >= 11 is 0. The van der Waals surface area contributed by atoms with E-state index in [1.165, 1.54) is 22.9 Å². The number of hydrogen-bond acceptors (Lipinski definition) is 7. The summed E-state index contributed by atoms with van der Waals surface area (Å²) in [5, 5.41) is 12.8. The smallest absolute Gasteiger partial charge is 0.269 e. The summed E-state index contributed by atoms with van der Waals surface area (Å²) in [5.41, 5.74) is 1.19. The van der Waals surface area contributed by atoms with E-state index >= 15 is 4.39 Å². The number of amides is 2. The van der Waals surface area contributed by atoms with Crippen LogP contribution in [0.1, 0.15) is 48.7 Å². The molecule has 0 bridgehead atoms. The first-order valence-corrected chi connectivity index (χ1v) is 13.9. The van der Waals surface area contributed by atoms with E-state index in [4.69, 9.17) is 4.74 Å². The van der Waals surface area contributed by atoms with E-state index < -0.39 is 29.7 Å². The third kappa shape index (κ3) is 5.43. The lowest BCUT2D eigenvalue weighted by Crippen LogP contribution is -2.42. The predicted molar refractivity (Wildman–Crippen MR) is 157 cm³/mol. The molecule has 0 spiro atoms. The lowest BCUT2D eigenvalue weighted by molar-refractivity contribution is -0.117. The lowest BCUT2D eigenvalue weighted by Gasteiger charge is -2.22. The van der Waals surface area contributed by atoms with Crippen LogP contribution in [0.5, 0.6) is 5.88 Å². The van der Waals surface area contributed by atoms with Crippen molar-refractivity contribution in [1.29, 1.82) is 0 Å². The van der Waals surface area contributed by atoms with Gasteiger partial charge < -0.3 is 20.7 Å². The Morgan fingerprint density at radius 1 is 1.07 bits per heavy atom. The minimum Gasteiger partial charge on any atom is -0.474 e. The highest BCUT2D eigenvalue weighted by atomic mass is 19.1. The Labute approximate surface area is 246 Å². The molecule has 43 heavy (non-hydrogen) atoms. The standard InChI is InChI=1S/C31H29F2N7O3/c1-16(2)34-22-13-12-20(27(33)35-22)26-23(31-40(39-26)15-14-17(3)43-31)29(41)38-28-30(42)37-25-19(10-7-11-21(25)32)24(36-28)18-8-5-4-6-9-18/h4-13,16-17,28H,14-15H2,1-3H3,(H,34,35)(H,37,42)(H,38,41)/t17-,28+/m0/s1. The summed E-state index contributed by atoms with van der Waals surface area (Å²) < 4.78 is 37.8. The molecule has 2 aliphatic rings. The topological polar surface area (TPSA) is 123 Å². The largest absolute Gasteiger partial charge is 0.474 e. The van der Waals surface area contributed by atoms with E-state index in [1.54, 1.807) is 36.4 Å². The quantitative estimate of drug-likeness (QED) is 0.281. The first kappa shape index (κ1) is 28.0. The van der Waals surface area contributed by atoms with Crippen molar-refractivity contribution >= 4 is 29.0 Å². The SMILES string of the molecule is CC(C)Nc1ccc(-c2nn3c(c2C(=O)N[C@H]2N=C(c4ccccc4)c4cccc(F)c4NC2=O)O[C@@H](C)CC3)c(F)n1. The number of hydrogen-bond donors (Lipinski definition) is 3. The van der Waals surface area contributed by atoms with Crippen LogP contribution in [0.4, 0.5) is 20.3 Å². The lowest BCUT2D eigenvalue weighted by atomic mass is 10.0. The Hall–Kier alpha value is -5.13. The van der Waals surface area contributed by atoms with Crippen LogP contribution in [0.2, 0.25) is 0 Å². The van der Waals surface area contributed by atoms with Gasteiger partial charge in [0.25, 0.3) is 11.8 Å². The van der Waals surface area contributed by atoms with Gasteiger partial charge in [-0.2, -0.15) is 9.49 Å². The molecular formula is C31H29F2N7O3. The third-order valence-electron chi connectivity index (χ3n) is 7.07. The molecule has 0 saturated carbocycles. The molecule has 2 amide bonds. The average molecular weight is 586 g/mol. The van der Waals surface area contributed by atoms with Gasteiger partial charge in [-0.3, -0.25) is 9.59 Å². The predicted octanol–water partition coefficient (Wildman–Crippen LogP) is 4.76. The fraction of sp³-hybridized carbons (Fsp3) is 0.258. The number of rotatable bonds is 6. The number of aromatic nitrogens is 3. The van der Waals surface area contributed by atoms with E-state index in [-0.39, 0.29) is 40.5 Å². The Morgan fingerprint density at radius 2 is 1.86 bits per heavy atom. The minimum atomic E-state index is -1.46. The molecule has 2 aliphatic heterocycles. The highest BCUT2D eigenvalue weighted by Gasteiger charge is 2.35. The van der Waals surface area contributed by atoms with Crippen LogP contribution in [0.15, 0.2) is 65.7 Å². The molecule has 220 valence electrons. The molecule has 2 aromatic carbocycles. The van der Waals surface area contributed by atoms with Crippen molar-refractivity contribution in [2.45, 2.75) is 52.0 Å². The van der Waals surface area contributed by atoms with Gasteiger partial charge in [0.15, 0.2) is 0 Å². The van der Waals surface area contributed by atoms with Crippen molar-refractivity contribution in [3.05, 3.63) is 89.1 Å². The molecule has 10 nitrogen and oxygen atoms in total. The number of halogens is 2. The van der Waals surface area contributed by atoms with Crippen LogP contribution in [-0.4, -0.2) is 50.6 Å². The Balaban J connectivity index is 1.42. The summed E-state index contributed by atoms with van der Waals surface area (Å²) in [4.78, 5) is 35.9. The van der Waals surface area contributed by atoms with Gasteiger partial charge in [0, 0.05) is 30.1 Å². The number of carbonyl (C=O) groups is 2. The van der Waals surface area contributed by atoms with Crippen LogP contribution in [0.3, 0.4) is 0 Å². The van der Waals surface area contributed by atoms with Crippen molar-refractivity contribution in [1.82, 2.24) is 20.1 Å². The summed E-state index contributed by atoms with van der Waals surface area (Å²) in [6, 6.07) is 16.5. The number of nitrogens with one attached hydrogen (secondary N) is 3. The number of para-hydroxylation sites is 1. The van der Waals surface area contributed by atoms with Crippen LogP contribution in [0, 0.1) is 11.8 Å². The number of pyridine rings is 1. The van der Waals surface area contributed by atoms with E-state index in [0.29, 0.717) is 35.6 Å². The highest BCUT2D eigenvalue weighted by molar-refractivity contribution is 6.20. The van der Waals surface area contributed by atoms with Crippen LogP contribution >= 0.6 is 0 Å². The number of aryl methyl sites for hydroxylation is 1. The Morgan fingerprint density at radius 3 is 2.60 bits per heavy atom. The number of fused-ring (bicyclic) bond motifs is 2. The van der Waals surface area contributed by atoms with Gasteiger partial charge >= 0.3 is 0 Å². The number of carbonyl (C=O) groups excluding carboxylic acids is 2. The van der Waals surface area contributed by atoms with E-state index in [0.717, 1.165) is 0 Å². The maximum absolute atomic E-state index is 15.4. The van der Waals surface area contributed by atoms with Gasteiger partial charge in [0.2, 0.25) is 18.0 Å². The number of benzene rings is 2. The molecule has 3 N–H and O–H groups in total. The normalized spacial score (nSPS) is 17.6. The Kier molecular flexibility index (Phi) is 7.34. The molecule has 2 aromatic heterocycles. The van der Waals surface area contributed by atoms with Gasteiger partial charge in [-0.05, 0) is 39.0 Å². The zero-order chi connectivity index (χ0) is 30.2. The second-order valence-electron chi connectivity index (χ2n) is 10.7. The number of nitrogens with zero attached hydrogens (tertiary/aromatic N) is 4. The van der Waals surface area contributed by atoms with E-state index in [2.05, 4.69) is 31.0 Å². The van der Waals surface area contributed by atoms with Gasteiger partial charge in [0.1, 0.15) is 22.9 Å². The van der Waals surface area contributed by atoms with Crippen LogP contribution in [-0.2, 0) is 11.3 Å². The zero-order valence-corrected chi connectivity index (χ0v) is 23.7. The molecular weight excluding hydrogens is 556 g/mol. The van der Waals surface area contributed by atoms with Crippen molar-refractivity contribution in [2.75, 3.05) is 10.6 Å². The second-order valence-corrected chi connectivity index (χ2v) is 10.7. The van der Waals surface area contributed by atoms with Crippen molar-refractivity contribution in [3.8, 4) is 17.1 Å². The van der Waals surface area contributed by atoms with Crippen molar-refractivity contribution in [2.24, 2.45) is 4.99 Å². The maximum atomic E-state index is 15.4. The molecule has 0 fully saturated rings. The van der Waals surface area contributed by atoms with Gasteiger partial charge in [0.05, 0.1) is 23.1 Å². The number of aliphatic imine (C=N–C) groups is 1. The molecule has 12 heteroatoms. The molecule has 0 saturated heterocycles. The number of anilines is 2. The second kappa shape index (κ2) is 11.3. The fourth-order valence-corrected chi connectivity index (χ4v) is 5.07. The highest BCUT2D eigenvalue weighted by Crippen LogP contribution is 2.35. The van der Waals surface area contributed by atoms with Crippen molar-refractivity contribution < 1.29 is 23.1 Å². The molecule has 4 aromatic rings. The van der Waals surface area contributed by atoms with Gasteiger partial charge in [-0.25, -0.2) is 19.0 Å². The van der Waals surface area contributed by atoms with Gasteiger partial charge in [-0.15, -0.1) is 0 Å². The minimum absolute atomic E-state index is 0.00845. The summed E-state index contributed by atoms with van der Waals surface area (Å²) in [5.74, 6) is -2.51. The first-order valence-electron chi connectivity index (χ1n) is 13.9. The molecule has 0 aliphatic carbocycles. The average Bonchev–Trinajstić information content (AvgIpc) is 3.27. The summed E-state index contributed by atoms with van der Waals surface area (Å²) in [6.07, 6.45) is -1.06.